The van der Waals surface area contributed by atoms with Crippen LogP contribution in [0.25, 0.3) is 0 Å². The SMILES string of the molecule is CCN1C(=O)[C@@H](CC(=O)Nc2ccc(OC)cc2)SC1=NS(=O)(=O)c1cccs1. The summed E-state index contributed by atoms with van der Waals surface area (Å²) < 4.78 is 33.9. The number of amidine groups is 1. The van der Waals surface area contributed by atoms with Gasteiger partial charge in [-0.2, -0.15) is 8.42 Å². The lowest BCUT2D eigenvalue weighted by Crippen LogP contribution is -2.33. The number of carbonyl (C=O) groups is 2. The van der Waals surface area contributed by atoms with Crippen molar-refractivity contribution in [2.75, 3.05) is 19.0 Å². The molecule has 3 rings (SSSR count). The summed E-state index contributed by atoms with van der Waals surface area (Å²) in [5.41, 5.74) is 0.577. The highest BCUT2D eigenvalue weighted by atomic mass is 32.2. The van der Waals surface area contributed by atoms with Crippen LogP contribution in [0.3, 0.4) is 0 Å². The first kappa shape index (κ1) is 21.3. The van der Waals surface area contributed by atoms with Crippen molar-refractivity contribution in [1.82, 2.24) is 4.90 Å². The summed E-state index contributed by atoms with van der Waals surface area (Å²) in [4.78, 5) is 26.3. The van der Waals surface area contributed by atoms with E-state index < -0.39 is 15.3 Å². The van der Waals surface area contributed by atoms with Gasteiger partial charge < -0.3 is 10.1 Å². The molecular formula is C18H19N3O5S3. The van der Waals surface area contributed by atoms with Crippen LogP contribution in [0.5, 0.6) is 5.75 Å². The fourth-order valence-corrected chi connectivity index (χ4v) is 6.00. The lowest BCUT2D eigenvalue weighted by molar-refractivity contribution is -0.128. The number of hydrogen-bond acceptors (Lipinski definition) is 7. The number of hydrogen-bond donors (Lipinski definition) is 1. The zero-order valence-electron chi connectivity index (χ0n) is 15.7. The zero-order chi connectivity index (χ0) is 21.0. The van der Waals surface area contributed by atoms with Gasteiger partial charge in [0.05, 0.1) is 7.11 Å². The van der Waals surface area contributed by atoms with Gasteiger partial charge in [0.1, 0.15) is 15.2 Å². The average Bonchev–Trinajstić information content (AvgIpc) is 3.32. The number of carbonyl (C=O) groups excluding carboxylic acids is 2. The second-order valence-corrected chi connectivity index (χ2v) is 9.90. The molecule has 1 N–H and O–H groups in total. The molecule has 0 saturated carbocycles. The maximum Gasteiger partial charge on any atom is 0.294 e. The number of rotatable bonds is 7. The van der Waals surface area contributed by atoms with Gasteiger partial charge in [0.2, 0.25) is 11.8 Å². The van der Waals surface area contributed by atoms with E-state index in [4.69, 9.17) is 4.74 Å². The van der Waals surface area contributed by atoms with Gasteiger partial charge in [0.25, 0.3) is 10.0 Å². The third-order valence-corrected chi connectivity index (χ3v) is 7.96. The van der Waals surface area contributed by atoms with Crippen molar-refractivity contribution in [1.29, 1.82) is 0 Å². The first-order chi connectivity index (χ1) is 13.8. The Morgan fingerprint density at radius 3 is 2.59 bits per heavy atom. The van der Waals surface area contributed by atoms with Gasteiger partial charge in [-0.25, -0.2) is 0 Å². The van der Waals surface area contributed by atoms with Gasteiger partial charge in [-0.15, -0.1) is 15.7 Å². The van der Waals surface area contributed by atoms with E-state index in [9.17, 15) is 18.0 Å². The molecule has 0 aliphatic carbocycles. The van der Waals surface area contributed by atoms with Gasteiger partial charge in [0.15, 0.2) is 5.17 Å². The molecule has 1 aliphatic heterocycles. The van der Waals surface area contributed by atoms with E-state index in [1.54, 1.807) is 49.7 Å². The van der Waals surface area contributed by atoms with Crippen LogP contribution in [0.2, 0.25) is 0 Å². The highest BCUT2D eigenvalue weighted by Gasteiger charge is 2.39. The molecule has 154 valence electrons. The van der Waals surface area contributed by atoms with Crippen molar-refractivity contribution in [2.45, 2.75) is 22.8 Å². The monoisotopic (exact) mass is 453 g/mol. The summed E-state index contributed by atoms with van der Waals surface area (Å²) in [5.74, 6) is -0.0159. The van der Waals surface area contributed by atoms with Crippen LogP contribution in [0, 0.1) is 0 Å². The predicted molar refractivity (Wildman–Crippen MR) is 114 cm³/mol. The quantitative estimate of drug-likeness (QED) is 0.691. The first-order valence-corrected chi connectivity index (χ1v) is 11.8. The predicted octanol–water partition coefficient (Wildman–Crippen LogP) is 2.79. The number of methoxy groups -OCH3 is 1. The maximum atomic E-state index is 12.6. The van der Waals surface area contributed by atoms with Crippen LogP contribution in [-0.2, 0) is 19.6 Å². The summed E-state index contributed by atoms with van der Waals surface area (Å²) in [6.07, 6.45) is -0.0932. The molecule has 0 bridgehead atoms. The number of amides is 2. The molecule has 1 aliphatic rings. The third kappa shape index (κ3) is 4.98. The molecule has 2 aromatic rings. The summed E-state index contributed by atoms with van der Waals surface area (Å²) in [7, 11) is -2.35. The number of nitrogens with one attached hydrogen (secondary N) is 1. The highest BCUT2D eigenvalue weighted by Crippen LogP contribution is 2.31. The number of sulfonamides is 1. The largest absolute Gasteiger partial charge is 0.497 e. The Bertz CT molecular complexity index is 1020. The van der Waals surface area contributed by atoms with Gasteiger partial charge in [-0.1, -0.05) is 17.8 Å². The van der Waals surface area contributed by atoms with E-state index in [1.165, 1.54) is 11.0 Å². The van der Waals surface area contributed by atoms with Crippen molar-refractivity contribution in [3.05, 3.63) is 41.8 Å². The molecule has 2 heterocycles. The Morgan fingerprint density at radius 1 is 1.28 bits per heavy atom. The van der Waals surface area contributed by atoms with Gasteiger partial charge in [0, 0.05) is 18.7 Å². The van der Waals surface area contributed by atoms with E-state index >= 15 is 0 Å². The Labute approximate surface area is 177 Å². The first-order valence-electron chi connectivity index (χ1n) is 8.64. The lowest BCUT2D eigenvalue weighted by Gasteiger charge is -2.13. The van der Waals surface area contributed by atoms with E-state index in [0.717, 1.165) is 23.1 Å². The number of benzene rings is 1. The minimum absolute atomic E-state index is 0.0909. The standard InChI is InChI=1S/C18H19N3O5S3/c1-3-21-17(23)14(11-15(22)19-12-6-8-13(26-2)9-7-12)28-18(21)20-29(24,25)16-5-4-10-27-16/h4-10,14H,3,11H2,1-2H3,(H,19,22)/t14-/m1/s1. The van der Waals surface area contributed by atoms with Crippen molar-refractivity contribution in [2.24, 2.45) is 4.40 Å². The topological polar surface area (TPSA) is 105 Å². The molecule has 1 aromatic heterocycles. The molecule has 2 amide bonds. The molecule has 1 fully saturated rings. The summed E-state index contributed by atoms with van der Waals surface area (Å²) >= 11 is 2.05. The van der Waals surface area contributed by atoms with E-state index in [0.29, 0.717) is 11.4 Å². The summed E-state index contributed by atoms with van der Waals surface area (Å²) in [5, 5.41) is 3.73. The van der Waals surface area contributed by atoms with Crippen molar-refractivity contribution in [3.8, 4) is 5.75 Å². The van der Waals surface area contributed by atoms with Crippen molar-refractivity contribution < 1.29 is 22.7 Å². The van der Waals surface area contributed by atoms with Crippen LogP contribution in [0.4, 0.5) is 5.69 Å². The zero-order valence-corrected chi connectivity index (χ0v) is 18.1. The Morgan fingerprint density at radius 2 is 2.00 bits per heavy atom. The minimum Gasteiger partial charge on any atom is -0.497 e. The van der Waals surface area contributed by atoms with Gasteiger partial charge >= 0.3 is 0 Å². The number of ether oxygens (including phenoxy) is 1. The number of nitrogens with zero attached hydrogens (tertiary/aromatic N) is 2. The number of thiophene rings is 1. The van der Waals surface area contributed by atoms with Crippen molar-refractivity contribution >= 4 is 55.8 Å². The fourth-order valence-electron chi connectivity index (χ4n) is 2.61. The number of thioether (sulfide) groups is 1. The Balaban J connectivity index is 1.71. The molecule has 0 unspecified atom stereocenters. The van der Waals surface area contributed by atoms with Gasteiger partial charge in [-0.05, 0) is 42.6 Å². The molecule has 0 radical (unpaired) electrons. The lowest BCUT2D eigenvalue weighted by atomic mass is 10.2. The maximum absolute atomic E-state index is 12.6. The van der Waals surface area contributed by atoms with Crippen LogP contribution >= 0.6 is 23.1 Å². The second-order valence-electron chi connectivity index (χ2n) is 5.95. The van der Waals surface area contributed by atoms with Crippen LogP contribution in [0.1, 0.15) is 13.3 Å². The van der Waals surface area contributed by atoms with Crippen LogP contribution < -0.4 is 10.1 Å². The van der Waals surface area contributed by atoms with E-state index in [-0.39, 0.29) is 34.2 Å². The minimum atomic E-state index is -3.89. The molecular weight excluding hydrogens is 434 g/mol. The average molecular weight is 454 g/mol. The second kappa shape index (κ2) is 8.97. The molecule has 1 atom stereocenters. The summed E-state index contributed by atoms with van der Waals surface area (Å²) in [6, 6.07) is 9.89. The van der Waals surface area contributed by atoms with E-state index in [1.807, 2.05) is 0 Å². The Kier molecular flexibility index (Phi) is 6.60. The smallest absolute Gasteiger partial charge is 0.294 e. The summed E-state index contributed by atoms with van der Waals surface area (Å²) in [6.45, 7) is 1.99. The fraction of sp³-hybridized carbons (Fsp3) is 0.278. The molecule has 11 heteroatoms. The van der Waals surface area contributed by atoms with E-state index in [2.05, 4.69) is 9.71 Å². The molecule has 29 heavy (non-hydrogen) atoms. The molecule has 8 nitrogen and oxygen atoms in total. The Hall–Kier alpha value is -2.37. The molecule has 0 spiro atoms. The normalized spacial score (nSPS) is 18.3. The molecule has 1 aromatic carbocycles. The third-order valence-electron chi connectivity index (χ3n) is 4.03. The van der Waals surface area contributed by atoms with Crippen LogP contribution in [0.15, 0.2) is 50.4 Å². The van der Waals surface area contributed by atoms with Crippen LogP contribution in [-0.4, -0.2) is 49.2 Å². The molecule has 1 saturated heterocycles. The number of anilines is 1. The van der Waals surface area contributed by atoms with Crippen molar-refractivity contribution in [3.63, 3.8) is 0 Å². The van der Waals surface area contributed by atoms with Gasteiger partial charge in [-0.3, -0.25) is 14.5 Å². The highest BCUT2D eigenvalue weighted by molar-refractivity contribution is 8.16.